The van der Waals surface area contributed by atoms with Gasteiger partial charge in [0.2, 0.25) is 0 Å². The average molecular weight is 653 g/mol. The van der Waals surface area contributed by atoms with Gasteiger partial charge in [-0.15, -0.1) is 0 Å². The van der Waals surface area contributed by atoms with Crippen molar-refractivity contribution in [1.82, 2.24) is 0 Å². The molecule has 0 amide bonds. The van der Waals surface area contributed by atoms with Gasteiger partial charge in [-0.2, -0.15) is 0 Å². The number of fused-ring (bicyclic) bond motifs is 5. The van der Waals surface area contributed by atoms with Gasteiger partial charge in [0.1, 0.15) is 30.2 Å². The van der Waals surface area contributed by atoms with Gasteiger partial charge in [0.25, 0.3) is 0 Å². The molecule has 46 heavy (non-hydrogen) atoms. The molecule has 0 aromatic rings. The van der Waals surface area contributed by atoms with Gasteiger partial charge in [0.15, 0.2) is 6.29 Å². The summed E-state index contributed by atoms with van der Waals surface area (Å²) in [6.07, 6.45) is -1.61. The second kappa shape index (κ2) is 11.8. The summed E-state index contributed by atoms with van der Waals surface area (Å²) in [4.78, 5) is 14.5. The molecule has 5 rings (SSSR count). The highest BCUT2D eigenvalue weighted by Gasteiger charge is 2.71. The lowest BCUT2D eigenvalue weighted by Crippen LogP contribution is -2.64. The molecule has 4 aliphatic carbocycles. The summed E-state index contributed by atoms with van der Waals surface area (Å²) in [5.74, 6) is 0.280. The zero-order valence-corrected chi connectivity index (χ0v) is 29.1. The highest BCUT2D eigenvalue weighted by Crippen LogP contribution is 2.74. The third kappa shape index (κ3) is 5.37. The van der Waals surface area contributed by atoms with E-state index in [1.54, 1.807) is 13.8 Å². The lowest BCUT2D eigenvalue weighted by Gasteiger charge is -2.65. The van der Waals surface area contributed by atoms with Crippen LogP contribution >= 0.6 is 0 Å². The Labute approximate surface area is 274 Å². The summed E-state index contributed by atoms with van der Waals surface area (Å²) in [5, 5.41) is 74.7. The Morgan fingerprint density at radius 3 is 2.22 bits per heavy atom. The molecule has 10 nitrogen and oxygen atoms in total. The van der Waals surface area contributed by atoms with Gasteiger partial charge < -0.3 is 45.2 Å². The molecule has 0 aromatic carbocycles. The maximum Gasteiger partial charge on any atom is 0.187 e. The van der Waals surface area contributed by atoms with Crippen LogP contribution in [0.3, 0.4) is 0 Å². The molecular formula is C36H60O10. The third-order valence-electron chi connectivity index (χ3n) is 14.2. The molecule has 4 fully saturated rings. The third-order valence-corrected chi connectivity index (χ3v) is 14.2. The minimum absolute atomic E-state index is 0.102. The number of ether oxygens (including phenoxy) is 2. The van der Waals surface area contributed by atoms with E-state index >= 15 is 0 Å². The summed E-state index contributed by atoms with van der Waals surface area (Å²) in [6, 6.07) is 0. The van der Waals surface area contributed by atoms with Crippen molar-refractivity contribution in [1.29, 1.82) is 0 Å². The summed E-state index contributed by atoms with van der Waals surface area (Å²) in [5.41, 5.74) is -2.96. The van der Waals surface area contributed by atoms with Crippen molar-refractivity contribution in [3.63, 3.8) is 0 Å². The van der Waals surface area contributed by atoms with Crippen LogP contribution in [0.2, 0.25) is 0 Å². The van der Waals surface area contributed by atoms with E-state index in [1.165, 1.54) is 5.57 Å². The Balaban J connectivity index is 1.37. The maximum absolute atomic E-state index is 14.5. The molecule has 0 bridgehead atoms. The first kappa shape index (κ1) is 36.3. The van der Waals surface area contributed by atoms with Crippen molar-refractivity contribution < 1.29 is 50.0 Å². The minimum atomic E-state index is -1.61. The van der Waals surface area contributed by atoms with Crippen molar-refractivity contribution in [2.24, 2.45) is 39.4 Å². The van der Waals surface area contributed by atoms with E-state index in [9.17, 15) is 40.5 Å². The second-order valence-electron chi connectivity index (χ2n) is 17.5. The molecule has 7 N–H and O–H groups in total. The first-order valence-electron chi connectivity index (χ1n) is 17.4. The zero-order valence-electron chi connectivity index (χ0n) is 29.1. The Bertz CT molecular complexity index is 1190. The molecule has 10 heteroatoms. The number of aliphatic hydroxyl groups excluding tert-OH is 5. The first-order valence-corrected chi connectivity index (χ1v) is 17.4. The number of carbonyl (C=O) groups excluding carboxylic acids is 1. The number of carbonyl (C=O) groups is 1. The number of ketones is 1. The van der Waals surface area contributed by atoms with Gasteiger partial charge >= 0.3 is 0 Å². The van der Waals surface area contributed by atoms with Crippen LogP contribution in [-0.2, 0) is 14.3 Å². The van der Waals surface area contributed by atoms with E-state index in [4.69, 9.17) is 9.47 Å². The summed E-state index contributed by atoms with van der Waals surface area (Å²) in [7, 11) is 0. The molecule has 0 aromatic heterocycles. The Hall–Kier alpha value is -0.950. The van der Waals surface area contributed by atoms with E-state index in [0.29, 0.717) is 12.8 Å². The van der Waals surface area contributed by atoms with Crippen LogP contribution in [0.25, 0.3) is 0 Å². The van der Waals surface area contributed by atoms with Crippen LogP contribution in [0.5, 0.6) is 0 Å². The highest BCUT2D eigenvalue weighted by atomic mass is 16.7. The number of Topliss-reactive ketones (excluding diaryl/α,β-unsaturated/α-hetero) is 1. The van der Waals surface area contributed by atoms with E-state index in [-0.39, 0.29) is 47.2 Å². The molecule has 0 spiro atoms. The lowest BCUT2D eigenvalue weighted by atomic mass is 9.38. The average Bonchev–Trinajstić information content (AvgIpc) is 3.23. The Morgan fingerprint density at radius 1 is 0.957 bits per heavy atom. The number of aliphatic hydroxyl groups is 7. The fourth-order valence-electron chi connectivity index (χ4n) is 10.9. The molecule has 264 valence electrons. The molecule has 1 aliphatic heterocycles. The molecule has 1 saturated heterocycles. The predicted molar refractivity (Wildman–Crippen MR) is 170 cm³/mol. The van der Waals surface area contributed by atoms with Crippen LogP contribution in [0.15, 0.2) is 11.6 Å². The maximum atomic E-state index is 14.5. The summed E-state index contributed by atoms with van der Waals surface area (Å²) in [6.45, 7) is 15.2. The van der Waals surface area contributed by atoms with Crippen LogP contribution in [0, 0.1) is 39.4 Å². The van der Waals surface area contributed by atoms with Crippen LogP contribution in [0.4, 0.5) is 0 Å². The fraction of sp³-hybridized carbons (Fsp3) is 0.917. The van der Waals surface area contributed by atoms with Crippen LogP contribution in [0.1, 0.15) is 107 Å². The first-order chi connectivity index (χ1) is 21.1. The standard InChI is InChI=1S/C36H60O10/c1-31(2)19-9-11-23-33(5)15-13-22(34(33,6)17-25(39)36(23,8)20(19)10-12-24(31)38)35(7,44)16-14-26(32(3,4)43)46-30-29(42)28(41)27(40)21(18-37)45-30/h9,20-24,26-30,37-38,40-44H,10-18H2,1-8H3/t20?,21-,22?,23?,24+,26-,27-,28+,29-,30+,33+,34-,35?,36+/m1/s1. The number of rotatable bonds is 8. The van der Waals surface area contributed by atoms with Gasteiger partial charge in [-0.3, -0.25) is 4.79 Å². The van der Waals surface area contributed by atoms with Gasteiger partial charge in [0, 0.05) is 17.3 Å². The minimum Gasteiger partial charge on any atom is -0.394 e. The summed E-state index contributed by atoms with van der Waals surface area (Å²) < 4.78 is 11.6. The van der Waals surface area contributed by atoms with E-state index in [0.717, 1.165) is 25.7 Å². The molecule has 14 atom stereocenters. The largest absolute Gasteiger partial charge is 0.394 e. The molecule has 1 heterocycles. The molecule has 0 radical (unpaired) electrons. The fourth-order valence-corrected chi connectivity index (χ4v) is 10.9. The predicted octanol–water partition coefficient (Wildman–Crippen LogP) is 2.62. The smallest absolute Gasteiger partial charge is 0.187 e. The lowest BCUT2D eigenvalue weighted by molar-refractivity contribution is -0.323. The normalized spacial score (nSPS) is 47.7. The molecule has 3 saturated carbocycles. The van der Waals surface area contributed by atoms with E-state index in [2.05, 4.69) is 40.7 Å². The van der Waals surface area contributed by atoms with Crippen molar-refractivity contribution in [3.8, 4) is 0 Å². The molecular weight excluding hydrogens is 592 g/mol. The van der Waals surface area contributed by atoms with Crippen molar-refractivity contribution >= 4 is 5.78 Å². The van der Waals surface area contributed by atoms with Gasteiger partial charge in [-0.05, 0) is 94.3 Å². The van der Waals surface area contributed by atoms with Crippen molar-refractivity contribution in [2.45, 2.75) is 161 Å². The Kier molecular flexibility index (Phi) is 9.35. The monoisotopic (exact) mass is 652 g/mol. The van der Waals surface area contributed by atoms with Crippen LogP contribution < -0.4 is 0 Å². The summed E-state index contributed by atoms with van der Waals surface area (Å²) >= 11 is 0. The number of hydrogen-bond donors (Lipinski definition) is 7. The van der Waals surface area contributed by atoms with Crippen LogP contribution in [-0.4, -0.2) is 102 Å². The molecule has 4 unspecified atom stereocenters. The number of hydrogen-bond acceptors (Lipinski definition) is 10. The molecule has 5 aliphatic rings. The van der Waals surface area contributed by atoms with E-state index in [1.807, 2.05) is 6.92 Å². The van der Waals surface area contributed by atoms with Gasteiger partial charge in [-0.1, -0.05) is 46.3 Å². The van der Waals surface area contributed by atoms with Crippen molar-refractivity contribution in [2.75, 3.05) is 6.61 Å². The van der Waals surface area contributed by atoms with Gasteiger partial charge in [0.05, 0.1) is 30.0 Å². The van der Waals surface area contributed by atoms with Crippen molar-refractivity contribution in [3.05, 3.63) is 11.6 Å². The SMILES string of the molecule is CC(O)(CC[C@@H](O[C@@H]1O[C@H](CO)[C@@H](O)[C@H](O)[C@H]1O)C(C)(C)O)C1CC[C@@]2(C)C3CC=C4C(CC[C@H](O)C4(C)C)[C@]3(C)C(=O)C[C@]12C. The van der Waals surface area contributed by atoms with Gasteiger partial charge in [-0.25, -0.2) is 0 Å². The topological polar surface area (TPSA) is 177 Å². The second-order valence-corrected chi connectivity index (χ2v) is 17.5. The highest BCUT2D eigenvalue weighted by molar-refractivity contribution is 5.88. The quantitative estimate of drug-likeness (QED) is 0.193. The number of allylic oxidation sites excluding steroid dienone is 1. The van der Waals surface area contributed by atoms with E-state index < -0.39 is 71.6 Å². The Morgan fingerprint density at radius 2 is 1.61 bits per heavy atom. The zero-order chi connectivity index (χ0) is 34.4.